The predicted molar refractivity (Wildman–Crippen MR) is 86.7 cm³/mol. The van der Waals surface area contributed by atoms with E-state index in [-0.39, 0.29) is 12.4 Å². The number of nitrogens with one attached hydrogen (secondary N) is 2. The number of carbonyl (C=O) groups is 1. The van der Waals surface area contributed by atoms with Crippen LogP contribution >= 0.6 is 12.4 Å². The number of rotatable bonds is 3. The molecule has 7 heteroatoms. The first-order chi connectivity index (χ1) is 9.22. The van der Waals surface area contributed by atoms with Gasteiger partial charge in [-0.2, -0.15) is 0 Å². The van der Waals surface area contributed by atoms with Crippen LogP contribution in [0.4, 0.5) is 5.69 Å². The Labute approximate surface area is 131 Å². The first-order valence-corrected chi connectivity index (χ1v) is 8.44. The van der Waals surface area contributed by atoms with Gasteiger partial charge in [-0.25, -0.2) is 8.42 Å². The summed E-state index contributed by atoms with van der Waals surface area (Å²) in [5.41, 5.74) is 3.05. The molecule has 21 heavy (non-hydrogen) atoms. The Morgan fingerprint density at radius 2 is 1.95 bits per heavy atom. The van der Waals surface area contributed by atoms with Gasteiger partial charge in [-0.1, -0.05) is 6.07 Å². The van der Waals surface area contributed by atoms with Crippen molar-refractivity contribution in [3.63, 3.8) is 0 Å². The SMILES string of the molecule is CC(C)(C(=O)Nc1ccc2c(c1)CNCC2)S(C)(=O)=O.Cl. The molecule has 1 amide bonds. The smallest absolute Gasteiger partial charge is 0.245 e. The lowest BCUT2D eigenvalue weighted by Gasteiger charge is -2.22. The highest BCUT2D eigenvalue weighted by Crippen LogP contribution is 2.22. The number of carbonyl (C=O) groups excluding carboxylic acids is 1. The Balaban J connectivity index is 0.00000220. The lowest BCUT2D eigenvalue weighted by molar-refractivity contribution is -0.117. The first-order valence-electron chi connectivity index (χ1n) is 6.55. The summed E-state index contributed by atoms with van der Waals surface area (Å²) in [5, 5.41) is 5.96. The van der Waals surface area contributed by atoms with Gasteiger partial charge >= 0.3 is 0 Å². The standard InChI is InChI=1S/C14H20N2O3S.ClH/c1-14(2,20(3,18)19)13(17)16-12-5-4-10-6-7-15-9-11(10)8-12;/h4-5,8,15H,6-7,9H2,1-3H3,(H,16,17);1H. The molecule has 0 radical (unpaired) electrons. The number of fused-ring (bicyclic) bond motifs is 1. The van der Waals surface area contributed by atoms with Crippen LogP contribution in [0.2, 0.25) is 0 Å². The van der Waals surface area contributed by atoms with Crippen molar-refractivity contribution in [3.8, 4) is 0 Å². The maximum Gasteiger partial charge on any atom is 0.245 e. The minimum atomic E-state index is -3.46. The number of amides is 1. The first kappa shape index (κ1) is 17.9. The molecule has 118 valence electrons. The lowest BCUT2D eigenvalue weighted by Crippen LogP contribution is -2.43. The molecule has 0 aromatic heterocycles. The highest BCUT2D eigenvalue weighted by molar-refractivity contribution is 7.92. The van der Waals surface area contributed by atoms with E-state index >= 15 is 0 Å². The van der Waals surface area contributed by atoms with E-state index in [4.69, 9.17) is 0 Å². The van der Waals surface area contributed by atoms with E-state index in [0.717, 1.165) is 31.3 Å². The molecule has 1 aliphatic heterocycles. The maximum atomic E-state index is 12.1. The van der Waals surface area contributed by atoms with Crippen molar-refractivity contribution >= 4 is 33.8 Å². The van der Waals surface area contributed by atoms with E-state index in [2.05, 4.69) is 10.6 Å². The van der Waals surface area contributed by atoms with Gasteiger partial charge in [0.05, 0.1) is 0 Å². The summed E-state index contributed by atoms with van der Waals surface area (Å²) in [6.45, 7) is 4.56. The van der Waals surface area contributed by atoms with Gasteiger partial charge < -0.3 is 10.6 Å². The molecule has 2 N–H and O–H groups in total. The van der Waals surface area contributed by atoms with E-state index in [1.165, 1.54) is 19.4 Å². The van der Waals surface area contributed by atoms with Crippen LogP contribution in [0, 0.1) is 0 Å². The van der Waals surface area contributed by atoms with Crippen LogP contribution in [0.3, 0.4) is 0 Å². The molecule has 0 unspecified atom stereocenters. The average Bonchev–Trinajstić information content (AvgIpc) is 2.37. The van der Waals surface area contributed by atoms with Gasteiger partial charge in [-0.05, 0) is 50.1 Å². The van der Waals surface area contributed by atoms with Gasteiger partial charge in [0, 0.05) is 18.5 Å². The molecule has 0 spiro atoms. The quantitative estimate of drug-likeness (QED) is 0.880. The highest BCUT2D eigenvalue weighted by Gasteiger charge is 2.38. The second kappa shape index (κ2) is 6.34. The summed E-state index contributed by atoms with van der Waals surface area (Å²) in [6, 6.07) is 5.71. The van der Waals surface area contributed by atoms with E-state index in [1.54, 1.807) is 0 Å². The van der Waals surface area contributed by atoms with E-state index in [9.17, 15) is 13.2 Å². The number of hydrogen-bond acceptors (Lipinski definition) is 4. The minimum absolute atomic E-state index is 0. The van der Waals surface area contributed by atoms with Gasteiger partial charge in [0.25, 0.3) is 0 Å². The fourth-order valence-corrected chi connectivity index (χ4v) is 2.40. The van der Waals surface area contributed by atoms with Gasteiger partial charge in [-0.3, -0.25) is 4.79 Å². The van der Waals surface area contributed by atoms with Crippen LogP contribution in [0.1, 0.15) is 25.0 Å². The third-order valence-corrected chi connectivity index (χ3v) is 5.86. The van der Waals surface area contributed by atoms with Crippen molar-refractivity contribution in [2.75, 3.05) is 18.1 Å². The minimum Gasteiger partial charge on any atom is -0.325 e. The lowest BCUT2D eigenvalue weighted by atomic mass is 10.0. The summed E-state index contributed by atoms with van der Waals surface area (Å²) in [4.78, 5) is 12.1. The molecule has 0 saturated heterocycles. The number of sulfone groups is 1. The predicted octanol–water partition coefficient (Wildman–Crippen LogP) is 1.52. The topological polar surface area (TPSA) is 75.3 Å². The van der Waals surface area contributed by atoms with E-state index in [0.29, 0.717) is 5.69 Å². The molecule has 0 aliphatic carbocycles. The molecule has 2 rings (SSSR count). The van der Waals surface area contributed by atoms with Crippen LogP contribution in [-0.4, -0.2) is 31.9 Å². The molecular weight excluding hydrogens is 312 g/mol. The van der Waals surface area contributed by atoms with Crippen LogP contribution in [0.15, 0.2) is 18.2 Å². The van der Waals surface area contributed by atoms with Gasteiger partial charge in [0.15, 0.2) is 9.84 Å². The molecule has 0 atom stereocenters. The zero-order chi connectivity index (χ0) is 15.0. The zero-order valence-electron chi connectivity index (χ0n) is 12.4. The maximum absolute atomic E-state index is 12.1. The number of benzene rings is 1. The van der Waals surface area contributed by atoms with Crippen molar-refractivity contribution in [2.45, 2.75) is 31.6 Å². The Kier molecular flexibility index (Phi) is 5.41. The summed E-state index contributed by atoms with van der Waals surface area (Å²) < 4.78 is 21.8. The van der Waals surface area contributed by atoms with Crippen molar-refractivity contribution in [2.24, 2.45) is 0 Å². The Bertz CT molecular complexity index is 642. The fraction of sp³-hybridized carbons (Fsp3) is 0.500. The second-order valence-electron chi connectivity index (χ2n) is 5.65. The summed E-state index contributed by atoms with van der Waals surface area (Å²) in [6.07, 6.45) is 2.04. The fourth-order valence-electron chi connectivity index (χ4n) is 2.01. The van der Waals surface area contributed by atoms with Gasteiger partial charge in [-0.15, -0.1) is 12.4 Å². The van der Waals surface area contributed by atoms with E-state index < -0.39 is 20.5 Å². The molecular formula is C14H21ClN2O3S. The molecule has 1 aromatic rings. The molecule has 0 bridgehead atoms. The van der Waals surface area contributed by atoms with Crippen LogP contribution in [-0.2, 0) is 27.6 Å². The highest BCUT2D eigenvalue weighted by atomic mass is 35.5. The molecule has 1 heterocycles. The molecule has 0 fully saturated rings. The van der Waals surface area contributed by atoms with Gasteiger partial charge in [0.1, 0.15) is 4.75 Å². The van der Waals surface area contributed by atoms with Crippen molar-refractivity contribution in [3.05, 3.63) is 29.3 Å². The zero-order valence-corrected chi connectivity index (χ0v) is 14.0. The van der Waals surface area contributed by atoms with Crippen molar-refractivity contribution in [1.82, 2.24) is 5.32 Å². The Hall–Kier alpha value is -1.11. The van der Waals surface area contributed by atoms with Crippen LogP contribution in [0.5, 0.6) is 0 Å². The average molecular weight is 333 g/mol. The molecule has 1 aromatic carbocycles. The molecule has 1 aliphatic rings. The monoisotopic (exact) mass is 332 g/mol. The molecule has 5 nitrogen and oxygen atoms in total. The van der Waals surface area contributed by atoms with Crippen molar-refractivity contribution < 1.29 is 13.2 Å². The summed E-state index contributed by atoms with van der Waals surface area (Å²) in [5.74, 6) is -0.510. The number of halogens is 1. The van der Waals surface area contributed by atoms with Crippen LogP contribution in [0.25, 0.3) is 0 Å². The number of anilines is 1. The largest absolute Gasteiger partial charge is 0.325 e. The Morgan fingerprint density at radius 3 is 2.57 bits per heavy atom. The van der Waals surface area contributed by atoms with Gasteiger partial charge in [0.2, 0.25) is 5.91 Å². The number of hydrogen-bond donors (Lipinski definition) is 2. The molecule has 0 saturated carbocycles. The third kappa shape index (κ3) is 3.75. The summed E-state index contributed by atoms with van der Waals surface area (Å²) >= 11 is 0. The normalized spacial score (nSPS) is 14.8. The van der Waals surface area contributed by atoms with Crippen molar-refractivity contribution in [1.29, 1.82) is 0 Å². The second-order valence-corrected chi connectivity index (χ2v) is 8.21. The Morgan fingerprint density at radius 1 is 1.29 bits per heavy atom. The van der Waals surface area contributed by atoms with E-state index in [1.807, 2.05) is 18.2 Å². The third-order valence-electron chi connectivity index (χ3n) is 3.82. The van der Waals surface area contributed by atoms with Crippen LogP contribution < -0.4 is 10.6 Å². The summed E-state index contributed by atoms with van der Waals surface area (Å²) in [7, 11) is -3.46.